The number of amides is 1. The lowest BCUT2D eigenvalue weighted by Gasteiger charge is -2.49. The van der Waals surface area contributed by atoms with E-state index in [1.54, 1.807) is 16.9 Å². The summed E-state index contributed by atoms with van der Waals surface area (Å²) in [5.41, 5.74) is -0.574. The molecule has 40 heavy (non-hydrogen) atoms. The Hall–Kier alpha value is -3.44. The van der Waals surface area contributed by atoms with Crippen LogP contribution in [0.1, 0.15) is 59.8 Å². The van der Waals surface area contributed by atoms with Crippen molar-refractivity contribution >= 4 is 15.9 Å². The molecular weight excluding hydrogens is 550 g/mol. The lowest BCUT2D eigenvalue weighted by molar-refractivity contribution is -0.149. The Kier molecular flexibility index (Phi) is 7.16. The van der Waals surface area contributed by atoms with E-state index in [9.17, 15) is 30.8 Å². The first-order valence-corrected chi connectivity index (χ1v) is 14.2. The number of hydrogen-bond donors (Lipinski definition) is 1. The van der Waals surface area contributed by atoms with Crippen LogP contribution in [-0.2, 0) is 27.4 Å². The van der Waals surface area contributed by atoms with Crippen LogP contribution in [0.3, 0.4) is 0 Å². The number of rotatable bonds is 5. The molecule has 3 aromatic carbocycles. The van der Waals surface area contributed by atoms with Crippen molar-refractivity contribution in [2.75, 3.05) is 0 Å². The molecule has 2 heterocycles. The topological polar surface area (TPSA) is 81.7 Å². The number of carbonyl (C=O) groups excluding carboxylic acids is 1. The Morgan fingerprint density at radius 3 is 2.42 bits per heavy atom. The van der Waals surface area contributed by atoms with Crippen LogP contribution >= 0.6 is 0 Å². The van der Waals surface area contributed by atoms with E-state index in [2.05, 4.69) is 0 Å². The Balaban J connectivity index is 1.42. The molecule has 1 N–H and O–H groups in total. The summed E-state index contributed by atoms with van der Waals surface area (Å²) in [6, 6.07) is 14.2. The van der Waals surface area contributed by atoms with Gasteiger partial charge in [0.2, 0.25) is 0 Å². The van der Waals surface area contributed by atoms with E-state index in [1.165, 1.54) is 30.3 Å². The van der Waals surface area contributed by atoms with Crippen molar-refractivity contribution in [2.24, 2.45) is 5.92 Å². The summed E-state index contributed by atoms with van der Waals surface area (Å²) >= 11 is 0. The van der Waals surface area contributed by atoms with Crippen molar-refractivity contribution in [1.29, 1.82) is 0 Å². The van der Waals surface area contributed by atoms with Gasteiger partial charge in [0.1, 0.15) is 17.2 Å². The molecule has 0 spiro atoms. The van der Waals surface area contributed by atoms with Crippen LogP contribution in [0.5, 0.6) is 5.75 Å². The average molecular weight is 578 g/mol. The third kappa shape index (κ3) is 5.57. The highest BCUT2D eigenvalue weighted by Crippen LogP contribution is 2.51. The summed E-state index contributed by atoms with van der Waals surface area (Å²) < 4.78 is 93.7. The zero-order valence-electron chi connectivity index (χ0n) is 21.7. The molecule has 1 saturated heterocycles. The third-order valence-corrected chi connectivity index (χ3v) is 8.82. The van der Waals surface area contributed by atoms with Gasteiger partial charge in [-0.3, -0.25) is 4.79 Å². The fourth-order valence-electron chi connectivity index (χ4n) is 5.46. The second-order valence-corrected chi connectivity index (χ2v) is 12.2. The maximum absolute atomic E-state index is 13.4. The summed E-state index contributed by atoms with van der Waals surface area (Å²) in [5, 5.41) is 0. The van der Waals surface area contributed by atoms with Gasteiger partial charge in [-0.15, -0.1) is 0 Å². The summed E-state index contributed by atoms with van der Waals surface area (Å²) in [4.78, 5) is 12.0. The smallest absolute Gasteiger partial charge is 0.417 e. The molecule has 0 aromatic heterocycles. The zero-order valence-corrected chi connectivity index (χ0v) is 22.5. The second-order valence-electron chi connectivity index (χ2n) is 10.6. The van der Waals surface area contributed by atoms with Crippen molar-refractivity contribution in [3.63, 3.8) is 0 Å². The van der Waals surface area contributed by atoms with Crippen LogP contribution in [0.15, 0.2) is 71.6 Å². The molecule has 0 aliphatic carbocycles. The van der Waals surface area contributed by atoms with Crippen molar-refractivity contribution < 1.29 is 40.2 Å². The molecule has 3 atom stereocenters. The SMILES string of the molecule is CC1(C)Oc2ccc(C(=O)NS(=O)(=O)c3ccccc3C(F)(F)F)cc2[C@@H]2O[C@H](Cc3ccc(F)cc3)CC[C@H]21. The molecule has 6 nitrogen and oxygen atoms in total. The molecule has 0 unspecified atom stereocenters. The highest BCUT2D eigenvalue weighted by molar-refractivity contribution is 7.90. The molecule has 0 radical (unpaired) electrons. The molecule has 0 bridgehead atoms. The highest BCUT2D eigenvalue weighted by atomic mass is 32.2. The molecule has 2 aliphatic rings. The predicted octanol–water partition coefficient (Wildman–Crippen LogP) is 6.21. The number of halogens is 4. The molecule has 3 aromatic rings. The lowest BCUT2D eigenvalue weighted by Crippen LogP contribution is -2.48. The van der Waals surface area contributed by atoms with Gasteiger partial charge < -0.3 is 9.47 Å². The summed E-state index contributed by atoms with van der Waals surface area (Å²) in [7, 11) is -4.84. The first kappa shape index (κ1) is 28.1. The van der Waals surface area contributed by atoms with Gasteiger partial charge in [-0.05, 0) is 81.1 Å². The number of sulfonamides is 1. The maximum Gasteiger partial charge on any atom is 0.417 e. The van der Waals surface area contributed by atoms with Crippen LogP contribution in [0.4, 0.5) is 17.6 Å². The van der Waals surface area contributed by atoms with Gasteiger partial charge >= 0.3 is 6.18 Å². The number of fused-ring (bicyclic) bond motifs is 3. The molecular formula is C29H27F4NO5S. The minimum Gasteiger partial charge on any atom is -0.487 e. The molecule has 1 fully saturated rings. The van der Waals surface area contributed by atoms with Crippen molar-refractivity contribution in [3.8, 4) is 5.75 Å². The Bertz CT molecular complexity index is 1540. The maximum atomic E-state index is 13.4. The van der Waals surface area contributed by atoms with Crippen molar-refractivity contribution in [1.82, 2.24) is 4.72 Å². The minimum atomic E-state index is -4.93. The second kappa shape index (κ2) is 10.2. The normalized spacial score (nSPS) is 22.0. The van der Waals surface area contributed by atoms with Crippen LogP contribution in [0.25, 0.3) is 0 Å². The monoisotopic (exact) mass is 577 g/mol. The minimum absolute atomic E-state index is 0.0712. The predicted molar refractivity (Wildman–Crippen MR) is 138 cm³/mol. The van der Waals surface area contributed by atoms with E-state index in [1.807, 2.05) is 13.8 Å². The van der Waals surface area contributed by atoms with E-state index in [4.69, 9.17) is 9.47 Å². The van der Waals surface area contributed by atoms with Gasteiger partial charge in [0.25, 0.3) is 15.9 Å². The van der Waals surface area contributed by atoms with E-state index < -0.39 is 44.3 Å². The number of benzene rings is 3. The van der Waals surface area contributed by atoms with Crippen molar-refractivity contribution in [3.05, 3.63) is 94.8 Å². The molecule has 5 rings (SSSR count). The number of ether oxygens (including phenoxy) is 2. The van der Waals surface area contributed by atoms with E-state index >= 15 is 0 Å². The molecule has 2 aliphatic heterocycles. The number of carbonyl (C=O) groups is 1. The summed E-state index contributed by atoms with van der Waals surface area (Å²) in [6.07, 6.45) is -3.56. The summed E-state index contributed by atoms with van der Waals surface area (Å²) in [5.74, 6) is -1.02. The number of hydrogen-bond acceptors (Lipinski definition) is 5. The van der Waals surface area contributed by atoms with E-state index in [0.29, 0.717) is 23.8 Å². The Morgan fingerprint density at radius 2 is 1.73 bits per heavy atom. The first-order valence-electron chi connectivity index (χ1n) is 12.7. The van der Waals surface area contributed by atoms with Crippen LogP contribution < -0.4 is 9.46 Å². The fraction of sp³-hybridized carbons (Fsp3) is 0.345. The molecule has 0 saturated carbocycles. The quantitative estimate of drug-likeness (QED) is 0.365. The van der Waals surface area contributed by atoms with Gasteiger partial charge in [0.15, 0.2) is 0 Å². The van der Waals surface area contributed by atoms with Gasteiger partial charge in [-0.25, -0.2) is 17.5 Å². The molecule has 1 amide bonds. The van der Waals surface area contributed by atoms with Gasteiger partial charge in [-0.1, -0.05) is 24.3 Å². The summed E-state index contributed by atoms with van der Waals surface area (Å²) in [6.45, 7) is 3.89. The van der Waals surface area contributed by atoms with E-state index in [-0.39, 0.29) is 23.4 Å². The molecule has 11 heteroatoms. The third-order valence-electron chi connectivity index (χ3n) is 7.43. The largest absolute Gasteiger partial charge is 0.487 e. The Morgan fingerprint density at radius 1 is 1.02 bits per heavy atom. The highest BCUT2D eigenvalue weighted by Gasteiger charge is 2.47. The van der Waals surface area contributed by atoms with Gasteiger partial charge in [0, 0.05) is 17.0 Å². The number of alkyl halides is 3. The van der Waals surface area contributed by atoms with Gasteiger partial charge in [-0.2, -0.15) is 13.2 Å². The first-order chi connectivity index (χ1) is 18.7. The van der Waals surface area contributed by atoms with E-state index in [0.717, 1.165) is 36.6 Å². The van der Waals surface area contributed by atoms with Crippen LogP contribution in [-0.4, -0.2) is 26.0 Å². The van der Waals surface area contributed by atoms with Crippen LogP contribution in [0, 0.1) is 11.7 Å². The molecule has 212 valence electrons. The van der Waals surface area contributed by atoms with Gasteiger partial charge in [0.05, 0.1) is 22.7 Å². The Labute approximate surface area is 229 Å². The lowest BCUT2D eigenvalue weighted by atomic mass is 9.74. The van der Waals surface area contributed by atoms with Crippen molar-refractivity contribution in [2.45, 2.75) is 62.0 Å². The fourth-order valence-corrected chi connectivity index (χ4v) is 6.66. The number of nitrogens with one attached hydrogen (secondary N) is 1. The average Bonchev–Trinajstić information content (AvgIpc) is 2.89. The van der Waals surface area contributed by atoms with Crippen LogP contribution in [0.2, 0.25) is 0 Å². The zero-order chi connectivity index (χ0) is 28.9. The standard InChI is InChI=1S/C29H27F4NO5S/c1-28(2)23-13-12-20(15-17-7-10-19(30)11-8-17)38-26(23)21-16-18(9-14-24(21)39-28)27(35)34-40(36,37)25-6-4-3-5-22(25)29(31,32)33/h3-11,14,16,20,23,26H,12-13,15H2,1-2H3,(H,34,35)/t20-,23+,26-/m0/s1.